The Kier molecular flexibility index (Phi) is 2.82. The van der Waals surface area contributed by atoms with Crippen LogP contribution in [0, 0.1) is 5.41 Å². The minimum Gasteiger partial charge on any atom is -0.411 e. The molecule has 2 rings (SSSR count). The summed E-state index contributed by atoms with van der Waals surface area (Å²) in [7, 11) is 0. The summed E-state index contributed by atoms with van der Waals surface area (Å²) in [6, 6.07) is 8.46. The van der Waals surface area contributed by atoms with E-state index in [0.717, 1.165) is 12.8 Å². The lowest BCUT2D eigenvalue weighted by atomic mass is 9.78. The number of fused-ring (bicyclic) bond motifs is 1. The highest BCUT2D eigenvalue weighted by atomic mass is 16.4. The average molecular weight is 215 g/mol. The van der Waals surface area contributed by atoms with Crippen LogP contribution in [-0.4, -0.2) is 11.4 Å². The van der Waals surface area contributed by atoms with Crippen molar-refractivity contribution in [2.24, 2.45) is 10.6 Å². The number of rotatable bonds is 2. The van der Waals surface area contributed by atoms with Gasteiger partial charge in [-0.25, -0.2) is 0 Å². The fraction of sp³-hybridized carbons (Fsp3) is 0.357. The van der Waals surface area contributed by atoms with Crippen LogP contribution in [0.2, 0.25) is 0 Å². The molecule has 84 valence electrons. The maximum absolute atomic E-state index is 8.67. The molecule has 0 heterocycles. The van der Waals surface area contributed by atoms with Crippen molar-refractivity contribution in [2.45, 2.75) is 26.7 Å². The fourth-order valence-electron chi connectivity index (χ4n) is 2.17. The summed E-state index contributed by atoms with van der Waals surface area (Å²) in [6.45, 7) is 4.15. The van der Waals surface area contributed by atoms with E-state index in [2.05, 4.69) is 49.3 Å². The first kappa shape index (κ1) is 10.9. The molecule has 0 radical (unpaired) electrons. The second kappa shape index (κ2) is 4.12. The zero-order valence-electron chi connectivity index (χ0n) is 9.77. The summed E-state index contributed by atoms with van der Waals surface area (Å²) in [5.74, 6) is 0. The number of allylic oxidation sites excluding steroid dienone is 1. The third kappa shape index (κ3) is 2.01. The van der Waals surface area contributed by atoms with Crippen molar-refractivity contribution in [3.63, 3.8) is 0 Å². The van der Waals surface area contributed by atoms with E-state index in [1.54, 1.807) is 6.21 Å². The van der Waals surface area contributed by atoms with E-state index in [9.17, 15) is 0 Å². The van der Waals surface area contributed by atoms with Gasteiger partial charge in [0.1, 0.15) is 0 Å². The number of nitrogens with zero attached hydrogens (tertiary/aromatic N) is 1. The molecule has 0 bridgehead atoms. The zero-order chi connectivity index (χ0) is 11.6. The van der Waals surface area contributed by atoms with E-state index < -0.39 is 0 Å². The van der Waals surface area contributed by atoms with Crippen LogP contribution < -0.4 is 0 Å². The Morgan fingerprint density at radius 3 is 2.75 bits per heavy atom. The molecule has 2 nitrogen and oxygen atoms in total. The lowest BCUT2D eigenvalue weighted by molar-refractivity contribution is 0.316. The summed E-state index contributed by atoms with van der Waals surface area (Å²) in [5.41, 5.74) is 3.86. The van der Waals surface area contributed by atoms with Gasteiger partial charge in [0.15, 0.2) is 0 Å². The standard InChI is InChI=1S/C14H17NO/c1-14(2,10-15-16)13-8-7-11-5-3-4-6-12(11)9-13/h3-6,9-10,16H,7-8H2,1-2H3/b15-10+. The molecule has 1 aliphatic rings. The molecule has 2 heteroatoms. The molecule has 1 N–H and O–H groups in total. The summed E-state index contributed by atoms with van der Waals surface area (Å²) < 4.78 is 0. The Hall–Kier alpha value is -1.57. The quantitative estimate of drug-likeness (QED) is 0.457. The molecular formula is C14H17NO. The minimum absolute atomic E-state index is 0.164. The maximum atomic E-state index is 8.67. The van der Waals surface area contributed by atoms with E-state index in [-0.39, 0.29) is 5.41 Å². The monoisotopic (exact) mass is 215 g/mol. The fourth-order valence-corrected chi connectivity index (χ4v) is 2.17. The molecule has 0 unspecified atom stereocenters. The normalized spacial score (nSPS) is 16.0. The number of aryl methyl sites for hydroxylation is 1. The summed E-state index contributed by atoms with van der Waals surface area (Å²) in [5, 5.41) is 11.8. The van der Waals surface area contributed by atoms with Crippen molar-refractivity contribution in [3.05, 3.63) is 41.0 Å². The molecule has 1 aromatic carbocycles. The van der Waals surface area contributed by atoms with Gasteiger partial charge in [-0.1, -0.05) is 49.8 Å². The van der Waals surface area contributed by atoms with Crippen molar-refractivity contribution in [1.29, 1.82) is 0 Å². The molecule has 0 fully saturated rings. The second-order valence-electron chi connectivity index (χ2n) is 4.83. The third-order valence-corrected chi connectivity index (χ3v) is 3.26. The SMILES string of the molecule is CC(C)(/C=N/O)C1=Cc2ccccc2CC1. The van der Waals surface area contributed by atoms with Crippen LogP contribution >= 0.6 is 0 Å². The van der Waals surface area contributed by atoms with E-state index in [1.165, 1.54) is 16.7 Å². The lowest BCUT2D eigenvalue weighted by Gasteiger charge is -2.27. The topological polar surface area (TPSA) is 32.6 Å². The Morgan fingerprint density at radius 2 is 2.00 bits per heavy atom. The Bertz CT molecular complexity index is 444. The number of oxime groups is 1. The maximum Gasteiger partial charge on any atom is 0.0532 e. The highest BCUT2D eigenvalue weighted by Gasteiger charge is 2.23. The smallest absolute Gasteiger partial charge is 0.0532 e. The predicted molar refractivity (Wildman–Crippen MR) is 66.8 cm³/mol. The van der Waals surface area contributed by atoms with Crippen LogP contribution in [0.3, 0.4) is 0 Å². The minimum atomic E-state index is -0.164. The Balaban J connectivity index is 2.37. The summed E-state index contributed by atoms with van der Waals surface area (Å²) >= 11 is 0. The van der Waals surface area contributed by atoms with E-state index in [4.69, 9.17) is 5.21 Å². The Labute approximate surface area is 96.3 Å². The van der Waals surface area contributed by atoms with Gasteiger partial charge in [0.05, 0.1) is 6.21 Å². The van der Waals surface area contributed by atoms with Crippen molar-refractivity contribution >= 4 is 12.3 Å². The highest BCUT2D eigenvalue weighted by molar-refractivity contribution is 5.74. The largest absolute Gasteiger partial charge is 0.411 e. The van der Waals surface area contributed by atoms with Gasteiger partial charge in [-0.3, -0.25) is 0 Å². The molecule has 0 saturated heterocycles. The zero-order valence-corrected chi connectivity index (χ0v) is 9.77. The first-order valence-electron chi connectivity index (χ1n) is 5.61. The van der Waals surface area contributed by atoms with Crippen LogP contribution in [0.25, 0.3) is 6.08 Å². The second-order valence-corrected chi connectivity index (χ2v) is 4.83. The van der Waals surface area contributed by atoms with Gasteiger partial charge in [-0.05, 0) is 24.0 Å². The number of hydrogen-bond acceptors (Lipinski definition) is 2. The van der Waals surface area contributed by atoms with Crippen molar-refractivity contribution in [1.82, 2.24) is 0 Å². The molecule has 0 aromatic heterocycles. The molecule has 0 amide bonds. The Morgan fingerprint density at radius 1 is 1.25 bits per heavy atom. The van der Waals surface area contributed by atoms with E-state index in [0.29, 0.717) is 0 Å². The third-order valence-electron chi connectivity index (χ3n) is 3.26. The first-order valence-corrected chi connectivity index (χ1v) is 5.61. The van der Waals surface area contributed by atoms with Gasteiger partial charge in [0.25, 0.3) is 0 Å². The molecule has 0 aliphatic heterocycles. The van der Waals surface area contributed by atoms with Crippen molar-refractivity contribution < 1.29 is 5.21 Å². The molecule has 16 heavy (non-hydrogen) atoms. The van der Waals surface area contributed by atoms with Gasteiger partial charge in [-0.15, -0.1) is 5.16 Å². The molecule has 1 aromatic rings. The average Bonchev–Trinajstić information content (AvgIpc) is 2.28. The molecular weight excluding hydrogens is 198 g/mol. The summed E-state index contributed by atoms with van der Waals surface area (Å²) in [6.07, 6.45) is 5.94. The van der Waals surface area contributed by atoms with E-state index in [1.807, 2.05) is 0 Å². The molecule has 1 aliphatic carbocycles. The number of benzene rings is 1. The molecule has 0 atom stereocenters. The van der Waals surface area contributed by atoms with Crippen LogP contribution in [0.15, 0.2) is 35.0 Å². The van der Waals surface area contributed by atoms with Crippen molar-refractivity contribution in [2.75, 3.05) is 0 Å². The van der Waals surface area contributed by atoms with Crippen LogP contribution in [0.5, 0.6) is 0 Å². The van der Waals surface area contributed by atoms with Crippen LogP contribution in [0.4, 0.5) is 0 Å². The van der Waals surface area contributed by atoms with Crippen LogP contribution in [-0.2, 0) is 6.42 Å². The van der Waals surface area contributed by atoms with Gasteiger partial charge in [-0.2, -0.15) is 0 Å². The number of hydrogen-bond donors (Lipinski definition) is 1. The van der Waals surface area contributed by atoms with Gasteiger partial charge in [0, 0.05) is 5.41 Å². The van der Waals surface area contributed by atoms with Crippen molar-refractivity contribution in [3.8, 4) is 0 Å². The molecule has 0 spiro atoms. The lowest BCUT2D eigenvalue weighted by Crippen LogP contribution is -2.19. The summed E-state index contributed by atoms with van der Waals surface area (Å²) in [4.78, 5) is 0. The molecule has 0 saturated carbocycles. The first-order chi connectivity index (χ1) is 7.63. The highest BCUT2D eigenvalue weighted by Crippen LogP contribution is 2.34. The van der Waals surface area contributed by atoms with Gasteiger partial charge < -0.3 is 5.21 Å². The van der Waals surface area contributed by atoms with Gasteiger partial charge in [0.2, 0.25) is 0 Å². The van der Waals surface area contributed by atoms with E-state index >= 15 is 0 Å². The van der Waals surface area contributed by atoms with Gasteiger partial charge >= 0.3 is 0 Å². The predicted octanol–water partition coefficient (Wildman–Crippen LogP) is 3.50. The van der Waals surface area contributed by atoms with Crippen LogP contribution in [0.1, 0.15) is 31.4 Å².